The van der Waals surface area contributed by atoms with Crippen molar-refractivity contribution >= 4 is 9.20 Å². The molecule has 1 aliphatic carbocycles. The van der Waals surface area contributed by atoms with Crippen molar-refractivity contribution in [3.05, 3.63) is 0 Å². The quantitative estimate of drug-likeness (QED) is 0.676. The van der Waals surface area contributed by atoms with E-state index in [1.54, 1.807) is 0 Å². The highest BCUT2D eigenvalue weighted by Crippen LogP contribution is 2.27. The van der Waals surface area contributed by atoms with Crippen molar-refractivity contribution in [2.24, 2.45) is 5.92 Å². The molecule has 1 atom stereocenters. The minimum Gasteiger partial charge on any atom is -0.409 e. The molecule has 72 valence electrons. The van der Waals surface area contributed by atoms with Crippen LogP contribution in [0.25, 0.3) is 0 Å². The van der Waals surface area contributed by atoms with E-state index in [2.05, 4.69) is 4.98 Å². The molecule has 1 saturated carbocycles. The number of rotatable bonds is 4. The fourth-order valence-corrected chi connectivity index (χ4v) is 3.80. The summed E-state index contributed by atoms with van der Waals surface area (Å²) in [6, 6.07) is 1.33. The second kappa shape index (κ2) is 5.73. The summed E-state index contributed by atoms with van der Waals surface area (Å²) in [6.45, 7) is 0. The van der Waals surface area contributed by atoms with Crippen LogP contribution in [-0.4, -0.2) is 23.4 Å². The van der Waals surface area contributed by atoms with Gasteiger partial charge >= 0.3 is 0 Å². The molecule has 3 heteroatoms. The molecule has 0 aliphatic heterocycles. The molecule has 1 fully saturated rings. The molecule has 0 heterocycles. The summed E-state index contributed by atoms with van der Waals surface area (Å²) in [5.74, 6) is 0.961. The maximum Gasteiger partial charge on any atom is 0.251 e. The molecule has 0 amide bonds. The van der Waals surface area contributed by atoms with Gasteiger partial charge in [-0.15, -0.1) is 0 Å². The standard InChI is InChI=1S/C9H21NOSi/c1-10-12(11-2)8-9-6-4-3-5-7-9/h9-10,12H,3-8H2,1-2H3. The lowest BCUT2D eigenvalue weighted by Gasteiger charge is -2.24. The van der Waals surface area contributed by atoms with E-state index >= 15 is 0 Å². The fourth-order valence-electron chi connectivity index (χ4n) is 2.06. The summed E-state index contributed by atoms with van der Waals surface area (Å²) in [6.07, 6.45) is 7.22. The van der Waals surface area contributed by atoms with Gasteiger partial charge in [0.25, 0.3) is 9.20 Å². The van der Waals surface area contributed by atoms with Gasteiger partial charge in [0.1, 0.15) is 0 Å². The van der Waals surface area contributed by atoms with E-state index in [9.17, 15) is 0 Å². The fraction of sp³-hybridized carbons (Fsp3) is 1.00. The lowest BCUT2D eigenvalue weighted by Crippen LogP contribution is -2.35. The van der Waals surface area contributed by atoms with E-state index in [0.29, 0.717) is 0 Å². The van der Waals surface area contributed by atoms with Crippen LogP contribution >= 0.6 is 0 Å². The highest BCUT2D eigenvalue weighted by atomic mass is 28.3. The number of nitrogens with one attached hydrogen (secondary N) is 1. The lowest BCUT2D eigenvalue weighted by molar-refractivity contribution is 0.351. The van der Waals surface area contributed by atoms with E-state index in [1.165, 1.54) is 38.1 Å². The molecule has 0 aromatic heterocycles. The van der Waals surface area contributed by atoms with Crippen molar-refractivity contribution < 1.29 is 4.43 Å². The molecule has 2 nitrogen and oxygen atoms in total. The Morgan fingerprint density at radius 2 is 2.00 bits per heavy atom. The average molecular weight is 187 g/mol. The van der Waals surface area contributed by atoms with Crippen molar-refractivity contribution in [3.63, 3.8) is 0 Å². The maximum atomic E-state index is 5.43. The van der Waals surface area contributed by atoms with Crippen LogP contribution in [0.3, 0.4) is 0 Å². The first-order valence-electron chi connectivity index (χ1n) is 5.07. The Balaban J connectivity index is 2.18. The van der Waals surface area contributed by atoms with Crippen LogP contribution in [0.2, 0.25) is 6.04 Å². The zero-order valence-electron chi connectivity index (χ0n) is 8.31. The van der Waals surface area contributed by atoms with Gasteiger partial charge in [-0.1, -0.05) is 32.1 Å². The van der Waals surface area contributed by atoms with Gasteiger partial charge in [-0.25, -0.2) is 0 Å². The summed E-state index contributed by atoms with van der Waals surface area (Å²) >= 11 is 0. The van der Waals surface area contributed by atoms with Gasteiger partial charge in [0.05, 0.1) is 0 Å². The topological polar surface area (TPSA) is 21.3 Å². The molecule has 0 aromatic carbocycles. The Morgan fingerprint density at radius 1 is 1.33 bits per heavy atom. The zero-order valence-corrected chi connectivity index (χ0v) is 9.46. The predicted octanol–water partition coefficient (Wildman–Crippen LogP) is 1.65. The van der Waals surface area contributed by atoms with Gasteiger partial charge in [0.15, 0.2) is 0 Å². The predicted molar refractivity (Wildman–Crippen MR) is 54.6 cm³/mol. The van der Waals surface area contributed by atoms with Gasteiger partial charge in [-0.05, 0) is 19.0 Å². The summed E-state index contributed by atoms with van der Waals surface area (Å²) in [4.78, 5) is 3.32. The second-order valence-electron chi connectivity index (χ2n) is 3.75. The lowest BCUT2D eigenvalue weighted by atomic mass is 9.91. The minimum absolute atomic E-state index is 0.961. The zero-order chi connectivity index (χ0) is 8.81. The molecule has 12 heavy (non-hydrogen) atoms. The number of hydrogen-bond donors (Lipinski definition) is 1. The van der Waals surface area contributed by atoms with E-state index < -0.39 is 9.20 Å². The second-order valence-corrected chi connectivity index (χ2v) is 6.25. The third-order valence-electron chi connectivity index (χ3n) is 2.88. The Labute approximate surface area is 77.5 Å². The van der Waals surface area contributed by atoms with Crippen LogP contribution < -0.4 is 4.98 Å². The van der Waals surface area contributed by atoms with Gasteiger partial charge in [-0.2, -0.15) is 0 Å². The molecule has 0 spiro atoms. The Morgan fingerprint density at radius 3 is 2.50 bits per heavy atom. The first kappa shape index (κ1) is 10.2. The van der Waals surface area contributed by atoms with Crippen molar-refractivity contribution in [3.8, 4) is 0 Å². The van der Waals surface area contributed by atoms with Gasteiger partial charge in [0.2, 0.25) is 0 Å². The molecule has 1 N–H and O–H groups in total. The van der Waals surface area contributed by atoms with Crippen molar-refractivity contribution in [2.45, 2.75) is 38.1 Å². The van der Waals surface area contributed by atoms with Crippen molar-refractivity contribution in [2.75, 3.05) is 14.2 Å². The monoisotopic (exact) mass is 187 g/mol. The normalized spacial score (nSPS) is 22.5. The van der Waals surface area contributed by atoms with Crippen LogP contribution in [0.4, 0.5) is 0 Å². The van der Waals surface area contributed by atoms with Crippen LogP contribution in [0.5, 0.6) is 0 Å². The van der Waals surface area contributed by atoms with Gasteiger partial charge in [-0.3, -0.25) is 0 Å². The van der Waals surface area contributed by atoms with Crippen LogP contribution in [0, 0.1) is 5.92 Å². The van der Waals surface area contributed by atoms with E-state index in [-0.39, 0.29) is 0 Å². The summed E-state index contributed by atoms with van der Waals surface area (Å²) < 4.78 is 5.43. The summed E-state index contributed by atoms with van der Waals surface area (Å²) in [5.41, 5.74) is 0. The summed E-state index contributed by atoms with van der Waals surface area (Å²) in [5, 5.41) is 0. The number of hydrogen-bond acceptors (Lipinski definition) is 2. The van der Waals surface area contributed by atoms with Crippen LogP contribution in [0.15, 0.2) is 0 Å². The summed E-state index contributed by atoms with van der Waals surface area (Å²) in [7, 11) is 2.86. The SMILES string of the molecule is CN[SiH](CC1CCCCC1)OC. The molecule has 0 radical (unpaired) electrons. The van der Waals surface area contributed by atoms with E-state index in [0.717, 1.165) is 5.92 Å². The molecule has 0 bridgehead atoms. The van der Waals surface area contributed by atoms with Gasteiger partial charge < -0.3 is 9.41 Å². The highest BCUT2D eigenvalue weighted by Gasteiger charge is 2.18. The largest absolute Gasteiger partial charge is 0.409 e. The Kier molecular flexibility index (Phi) is 4.88. The minimum atomic E-state index is -1.02. The van der Waals surface area contributed by atoms with Crippen LogP contribution in [-0.2, 0) is 4.43 Å². The first-order chi connectivity index (χ1) is 5.86. The third-order valence-corrected chi connectivity index (χ3v) is 5.19. The van der Waals surface area contributed by atoms with E-state index in [4.69, 9.17) is 4.43 Å². The highest BCUT2D eigenvalue weighted by molar-refractivity contribution is 6.48. The Hall–Kier alpha value is 0.137. The third kappa shape index (κ3) is 3.25. The smallest absolute Gasteiger partial charge is 0.251 e. The van der Waals surface area contributed by atoms with E-state index in [1.807, 2.05) is 14.2 Å². The van der Waals surface area contributed by atoms with Crippen molar-refractivity contribution in [1.82, 2.24) is 4.98 Å². The molecule has 1 aliphatic rings. The van der Waals surface area contributed by atoms with Crippen molar-refractivity contribution in [1.29, 1.82) is 0 Å². The first-order valence-corrected chi connectivity index (χ1v) is 6.93. The van der Waals surface area contributed by atoms with Gasteiger partial charge in [0, 0.05) is 7.11 Å². The molecule has 1 unspecified atom stereocenters. The molecule has 0 aromatic rings. The Bertz CT molecular complexity index is 111. The maximum absolute atomic E-state index is 5.43. The average Bonchev–Trinajstić information content (AvgIpc) is 2.16. The molecule has 0 saturated heterocycles. The molecular weight excluding hydrogens is 166 g/mol. The molecular formula is C9H21NOSi. The van der Waals surface area contributed by atoms with Crippen LogP contribution in [0.1, 0.15) is 32.1 Å². The molecule has 1 rings (SSSR count).